The van der Waals surface area contributed by atoms with Gasteiger partial charge in [0.25, 0.3) is 0 Å². The van der Waals surface area contributed by atoms with E-state index in [0.29, 0.717) is 0 Å². The van der Waals surface area contributed by atoms with Crippen molar-refractivity contribution in [2.75, 3.05) is 19.1 Å². The van der Waals surface area contributed by atoms with Crippen LogP contribution in [-0.4, -0.2) is 24.2 Å². The van der Waals surface area contributed by atoms with Gasteiger partial charge in [-0.2, -0.15) is 0 Å². The fourth-order valence-corrected chi connectivity index (χ4v) is 3.56. The first-order chi connectivity index (χ1) is 9.69. The molecule has 3 rings (SSSR count). The molecular weight excluding hydrogens is 272 g/mol. The number of aryl methyl sites for hydroxylation is 1. The number of methoxy groups -OCH3 is 1. The normalized spacial score (nSPS) is 17.6. The molecule has 1 atom stereocenters. The van der Waals surface area contributed by atoms with Crippen LogP contribution in [-0.2, 0) is 6.42 Å². The van der Waals surface area contributed by atoms with Crippen molar-refractivity contribution in [1.29, 1.82) is 0 Å². The van der Waals surface area contributed by atoms with Crippen LogP contribution in [0.4, 0.5) is 10.8 Å². The third-order valence-electron chi connectivity index (χ3n) is 3.66. The van der Waals surface area contributed by atoms with Crippen LogP contribution in [0.15, 0.2) is 24.3 Å². The van der Waals surface area contributed by atoms with Crippen LogP contribution in [0.5, 0.6) is 5.75 Å². The van der Waals surface area contributed by atoms with Crippen LogP contribution in [0.25, 0.3) is 0 Å². The number of anilines is 2. The molecule has 0 aliphatic heterocycles. The zero-order chi connectivity index (χ0) is 14.1. The number of aromatic nitrogens is 1. The molecule has 1 aliphatic carbocycles. The number of nitrogens with zero attached hydrogens (tertiary/aromatic N) is 2. The summed E-state index contributed by atoms with van der Waals surface area (Å²) in [6, 6.07) is 7.90. The standard InChI is InChI=1S/C15H18N2O2S/c1-17(10-6-8-11(19-2)9-7-10)15-16-12-4-3-5-13(18)14(12)20-15/h6-9,13,18H,3-5H2,1-2H3. The van der Waals surface area contributed by atoms with E-state index in [1.165, 1.54) is 0 Å². The second-order valence-electron chi connectivity index (χ2n) is 4.97. The first kappa shape index (κ1) is 13.4. The zero-order valence-corrected chi connectivity index (χ0v) is 12.5. The van der Waals surface area contributed by atoms with E-state index in [-0.39, 0.29) is 6.10 Å². The van der Waals surface area contributed by atoms with Crippen LogP contribution in [0.1, 0.15) is 29.5 Å². The number of rotatable bonds is 3. The van der Waals surface area contributed by atoms with Gasteiger partial charge >= 0.3 is 0 Å². The molecule has 1 aliphatic rings. The minimum absolute atomic E-state index is 0.339. The molecule has 1 aromatic heterocycles. The number of aliphatic hydroxyl groups excluding tert-OH is 1. The molecule has 0 radical (unpaired) electrons. The second kappa shape index (κ2) is 5.42. The van der Waals surface area contributed by atoms with Gasteiger partial charge in [0.05, 0.1) is 23.8 Å². The molecule has 0 bridgehead atoms. The number of hydrogen-bond donors (Lipinski definition) is 1. The summed E-state index contributed by atoms with van der Waals surface area (Å²) in [5.74, 6) is 0.844. The molecule has 0 fully saturated rings. The van der Waals surface area contributed by atoms with Gasteiger partial charge in [0.1, 0.15) is 5.75 Å². The lowest BCUT2D eigenvalue weighted by Crippen LogP contribution is -2.09. The van der Waals surface area contributed by atoms with E-state index in [1.807, 2.05) is 31.3 Å². The molecule has 0 spiro atoms. The molecule has 1 heterocycles. The Balaban J connectivity index is 1.88. The monoisotopic (exact) mass is 290 g/mol. The summed E-state index contributed by atoms with van der Waals surface area (Å²) >= 11 is 1.59. The quantitative estimate of drug-likeness (QED) is 0.942. The van der Waals surface area contributed by atoms with Gasteiger partial charge in [0.15, 0.2) is 5.13 Å². The summed E-state index contributed by atoms with van der Waals surface area (Å²) in [5, 5.41) is 11.0. The summed E-state index contributed by atoms with van der Waals surface area (Å²) in [6.45, 7) is 0. The van der Waals surface area contributed by atoms with Crippen LogP contribution < -0.4 is 9.64 Å². The lowest BCUT2D eigenvalue weighted by atomic mass is 10.0. The highest BCUT2D eigenvalue weighted by atomic mass is 32.1. The number of ether oxygens (including phenoxy) is 1. The molecule has 4 nitrogen and oxygen atoms in total. The van der Waals surface area contributed by atoms with Crippen LogP contribution in [0.2, 0.25) is 0 Å². The Bertz CT molecular complexity index is 594. The number of fused-ring (bicyclic) bond motifs is 1. The predicted octanol–water partition coefficient (Wildman–Crippen LogP) is 3.29. The van der Waals surface area contributed by atoms with E-state index in [9.17, 15) is 5.11 Å². The van der Waals surface area contributed by atoms with Crippen molar-refractivity contribution in [2.24, 2.45) is 0 Å². The average Bonchev–Trinajstić information content (AvgIpc) is 2.92. The van der Waals surface area contributed by atoms with Crippen LogP contribution >= 0.6 is 11.3 Å². The SMILES string of the molecule is COc1ccc(N(C)c2nc3c(s2)C(O)CCC3)cc1. The van der Waals surface area contributed by atoms with Gasteiger partial charge in [-0.3, -0.25) is 0 Å². The Hall–Kier alpha value is -1.59. The Kier molecular flexibility index (Phi) is 3.63. The van der Waals surface area contributed by atoms with Crippen molar-refractivity contribution in [3.05, 3.63) is 34.8 Å². The Morgan fingerprint density at radius 3 is 2.75 bits per heavy atom. The van der Waals surface area contributed by atoms with E-state index < -0.39 is 0 Å². The fourth-order valence-electron chi connectivity index (χ4n) is 2.44. The molecule has 0 saturated heterocycles. The highest BCUT2D eigenvalue weighted by Crippen LogP contribution is 2.39. The summed E-state index contributed by atoms with van der Waals surface area (Å²) in [5.41, 5.74) is 2.12. The van der Waals surface area contributed by atoms with Gasteiger partial charge in [-0.05, 0) is 43.5 Å². The highest BCUT2D eigenvalue weighted by molar-refractivity contribution is 7.15. The number of hydrogen-bond acceptors (Lipinski definition) is 5. The van der Waals surface area contributed by atoms with Crippen molar-refractivity contribution >= 4 is 22.2 Å². The van der Waals surface area contributed by atoms with Crippen LogP contribution in [0, 0.1) is 0 Å². The van der Waals surface area contributed by atoms with E-state index >= 15 is 0 Å². The minimum Gasteiger partial charge on any atom is -0.497 e. The van der Waals surface area contributed by atoms with Gasteiger partial charge < -0.3 is 14.7 Å². The molecule has 5 heteroatoms. The van der Waals surface area contributed by atoms with Crippen molar-refractivity contribution in [3.8, 4) is 5.75 Å². The van der Waals surface area contributed by atoms with Gasteiger partial charge in [-0.1, -0.05) is 11.3 Å². The highest BCUT2D eigenvalue weighted by Gasteiger charge is 2.24. The lowest BCUT2D eigenvalue weighted by Gasteiger charge is -2.16. The molecule has 20 heavy (non-hydrogen) atoms. The average molecular weight is 290 g/mol. The molecule has 2 aromatic rings. The first-order valence-electron chi connectivity index (χ1n) is 6.74. The van der Waals surface area contributed by atoms with Gasteiger partial charge in [0, 0.05) is 12.7 Å². The molecule has 1 unspecified atom stereocenters. The van der Waals surface area contributed by atoms with Crippen molar-refractivity contribution in [3.63, 3.8) is 0 Å². The number of aliphatic hydroxyl groups is 1. The van der Waals surface area contributed by atoms with E-state index in [4.69, 9.17) is 4.74 Å². The molecule has 0 saturated carbocycles. The number of thiazole rings is 1. The lowest BCUT2D eigenvalue weighted by molar-refractivity contribution is 0.160. The van der Waals surface area contributed by atoms with Crippen molar-refractivity contribution < 1.29 is 9.84 Å². The van der Waals surface area contributed by atoms with Crippen molar-refractivity contribution in [1.82, 2.24) is 4.98 Å². The number of benzene rings is 1. The summed E-state index contributed by atoms with van der Waals surface area (Å²) in [6.07, 6.45) is 2.50. The molecular formula is C15H18N2O2S. The maximum absolute atomic E-state index is 10.0. The Morgan fingerprint density at radius 1 is 1.35 bits per heavy atom. The largest absolute Gasteiger partial charge is 0.497 e. The molecule has 0 amide bonds. The second-order valence-corrected chi connectivity index (χ2v) is 5.98. The van der Waals surface area contributed by atoms with E-state index in [1.54, 1.807) is 18.4 Å². The zero-order valence-electron chi connectivity index (χ0n) is 11.7. The third-order valence-corrected chi connectivity index (χ3v) is 4.93. The third kappa shape index (κ3) is 2.39. The van der Waals surface area contributed by atoms with Gasteiger partial charge in [-0.25, -0.2) is 4.98 Å². The van der Waals surface area contributed by atoms with E-state index in [2.05, 4.69) is 9.88 Å². The summed E-state index contributed by atoms with van der Waals surface area (Å²) in [7, 11) is 3.66. The molecule has 106 valence electrons. The van der Waals surface area contributed by atoms with Crippen molar-refractivity contribution in [2.45, 2.75) is 25.4 Å². The maximum atomic E-state index is 10.0. The Morgan fingerprint density at radius 2 is 2.10 bits per heavy atom. The fraction of sp³-hybridized carbons (Fsp3) is 0.400. The topological polar surface area (TPSA) is 45.6 Å². The molecule has 1 aromatic carbocycles. The maximum Gasteiger partial charge on any atom is 0.190 e. The smallest absolute Gasteiger partial charge is 0.190 e. The predicted molar refractivity (Wildman–Crippen MR) is 81.1 cm³/mol. The van der Waals surface area contributed by atoms with E-state index in [0.717, 1.165) is 46.4 Å². The summed E-state index contributed by atoms with van der Waals surface area (Å²) in [4.78, 5) is 7.76. The minimum atomic E-state index is -0.339. The van der Waals surface area contributed by atoms with Gasteiger partial charge in [0.2, 0.25) is 0 Å². The Labute approximate surface area is 122 Å². The summed E-state index contributed by atoms with van der Waals surface area (Å²) < 4.78 is 5.17. The first-order valence-corrected chi connectivity index (χ1v) is 7.56. The van der Waals surface area contributed by atoms with Gasteiger partial charge in [-0.15, -0.1) is 0 Å². The molecule has 1 N–H and O–H groups in total. The van der Waals surface area contributed by atoms with Crippen LogP contribution in [0.3, 0.4) is 0 Å².